The van der Waals surface area contributed by atoms with Gasteiger partial charge in [0.1, 0.15) is 0 Å². The van der Waals surface area contributed by atoms with Crippen molar-refractivity contribution in [2.45, 2.75) is 26.3 Å². The lowest BCUT2D eigenvalue weighted by atomic mass is 9.95. The van der Waals surface area contributed by atoms with Crippen LogP contribution >= 0.6 is 0 Å². The predicted molar refractivity (Wildman–Crippen MR) is 133 cm³/mol. The highest BCUT2D eigenvalue weighted by Crippen LogP contribution is 2.22. The summed E-state index contributed by atoms with van der Waals surface area (Å²) in [6.45, 7) is 4.42. The monoisotopic (exact) mass is 441 g/mol. The Hall–Kier alpha value is -3.44. The van der Waals surface area contributed by atoms with E-state index in [1.165, 1.54) is 0 Å². The number of carbonyl (C=O) groups excluding carboxylic acids is 2. The number of benzene rings is 3. The fourth-order valence-electron chi connectivity index (χ4n) is 4.28. The first-order valence-corrected chi connectivity index (χ1v) is 11.6. The molecule has 1 aliphatic heterocycles. The summed E-state index contributed by atoms with van der Waals surface area (Å²) in [5, 5.41) is 3.01. The van der Waals surface area contributed by atoms with Crippen molar-refractivity contribution in [2.75, 3.05) is 29.9 Å². The maximum atomic E-state index is 13.4. The molecule has 1 heterocycles. The minimum Gasteiger partial charge on any atom is -0.326 e. The molecule has 0 unspecified atom stereocenters. The highest BCUT2D eigenvalue weighted by molar-refractivity contribution is 5.95. The highest BCUT2D eigenvalue weighted by atomic mass is 16.2. The third-order valence-electron chi connectivity index (χ3n) is 6.16. The number of aryl methyl sites for hydroxylation is 1. The normalized spacial score (nSPS) is 14.6. The first-order valence-electron chi connectivity index (χ1n) is 11.6. The van der Waals surface area contributed by atoms with Gasteiger partial charge in [0.25, 0.3) is 0 Å². The van der Waals surface area contributed by atoms with Crippen molar-refractivity contribution >= 4 is 23.2 Å². The Labute approximate surface area is 196 Å². The van der Waals surface area contributed by atoms with E-state index in [2.05, 4.69) is 16.3 Å². The van der Waals surface area contributed by atoms with Crippen molar-refractivity contribution in [3.8, 4) is 0 Å². The highest BCUT2D eigenvalue weighted by Gasteiger charge is 2.27. The lowest BCUT2D eigenvalue weighted by Gasteiger charge is -2.33. The maximum Gasteiger partial charge on any atom is 0.241 e. The van der Waals surface area contributed by atoms with Gasteiger partial charge < -0.3 is 10.2 Å². The Balaban J connectivity index is 1.36. The lowest BCUT2D eigenvalue weighted by molar-refractivity contribution is -0.122. The van der Waals surface area contributed by atoms with E-state index in [1.54, 1.807) is 0 Å². The average molecular weight is 442 g/mol. The molecule has 3 aromatic carbocycles. The van der Waals surface area contributed by atoms with Crippen molar-refractivity contribution in [1.29, 1.82) is 0 Å². The molecule has 0 bridgehead atoms. The second-order valence-electron chi connectivity index (χ2n) is 8.71. The van der Waals surface area contributed by atoms with E-state index in [4.69, 9.17) is 0 Å². The Morgan fingerprint density at radius 1 is 0.909 bits per heavy atom. The van der Waals surface area contributed by atoms with Gasteiger partial charge in [0.2, 0.25) is 11.8 Å². The molecule has 170 valence electrons. The number of amides is 2. The van der Waals surface area contributed by atoms with Crippen LogP contribution in [0, 0.1) is 12.8 Å². The van der Waals surface area contributed by atoms with Crippen LogP contribution in [0.1, 0.15) is 24.0 Å². The van der Waals surface area contributed by atoms with Gasteiger partial charge >= 0.3 is 0 Å². The number of piperidine rings is 1. The molecule has 1 N–H and O–H groups in total. The van der Waals surface area contributed by atoms with Gasteiger partial charge in [-0.15, -0.1) is 0 Å². The largest absolute Gasteiger partial charge is 0.326 e. The smallest absolute Gasteiger partial charge is 0.241 e. The van der Waals surface area contributed by atoms with E-state index in [0.717, 1.165) is 48.4 Å². The second kappa shape index (κ2) is 10.9. The van der Waals surface area contributed by atoms with Gasteiger partial charge in [0, 0.05) is 17.3 Å². The molecule has 2 amide bonds. The Bertz CT molecular complexity index is 1060. The molecule has 3 aromatic rings. The maximum absolute atomic E-state index is 13.4. The van der Waals surface area contributed by atoms with E-state index in [9.17, 15) is 9.59 Å². The van der Waals surface area contributed by atoms with Gasteiger partial charge in [-0.05, 0) is 68.2 Å². The van der Waals surface area contributed by atoms with E-state index in [0.29, 0.717) is 13.1 Å². The van der Waals surface area contributed by atoms with Crippen LogP contribution in [0.15, 0.2) is 84.9 Å². The summed E-state index contributed by atoms with van der Waals surface area (Å²) in [6.07, 6.45) is 1.52. The number of para-hydroxylation sites is 1. The number of hydrogen-bond acceptors (Lipinski definition) is 3. The fraction of sp³-hybridized carbons (Fsp3) is 0.286. The molecule has 1 fully saturated rings. The van der Waals surface area contributed by atoms with Gasteiger partial charge in [-0.1, -0.05) is 60.7 Å². The summed E-state index contributed by atoms with van der Waals surface area (Å²) in [5.74, 6) is 0.128. The molecule has 0 saturated carbocycles. The zero-order valence-electron chi connectivity index (χ0n) is 19.1. The number of rotatable bonds is 7. The second-order valence-corrected chi connectivity index (χ2v) is 8.71. The van der Waals surface area contributed by atoms with Gasteiger partial charge in [-0.25, -0.2) is 0 Å². The zero-order valence-corrected chi connectivity index (χ0v) is 19.1. The summed E-state index contributed by atoms with van der Waals surface area (Å²) in [7, 11) is 0. The minimum absolute atomic E-state index is 0.0197. The van der Waals surface area contributed by atoms with Crippen molar-refractivity contribution in [1.82, 2.24) is 4.90 Å². The van der Waals surface area contributed by atoms with Crippen molar-refractivity contribution in [2.24, 2.45) is 5.92 Å². The Kier molecular flexibility index (Phi) is 7.53. The van der Waals surface area contributed by atoms with Gasteiger partial charge in [0.15, 0.2) is 0 Å². The van der Waals surface area contributed by atoms with Crippen molar-refractivity contribution in [3.05, 3.63) is 96.1 Å². The topological polar surface area (TPSA) is 52.7 Å². The van der Waals surface area contributed by atoms with Crippen LogP contribution in [0.5, 0.6) is 0 Å². The lowest BCUT2D eigenvalue weighted by Crippen LogP contribution is -2.44. The van der Waals surface area contributed by atoms with E-state index in [-0.39, 0.29) is 17.7 Å². The SMILES string of the molecule is Cc1cccc(N(Cc2ccccc2)C(=O)CN2CCC(C(=O)Nc3ccccc3)CC2)c1. The molecule has 5 nitrogen and oxygen atoms in total. The summed E-state index contributed by atoms with van der Waals surface area (Å²) in [4.78, 5) is 30.0. The third-order valence-corrected chi connectivity index (χ3v) is 6.16. The van der Waals surface area contributed by atoms with Crippen LogP contribution < -0.4 is 10.2 Å². The molecular formula is C28H31N3O2. The van der Waals surface area contributed by atoms with Gasteiger partial charge in [-0.3, -0.25) is 14.5 Å². The molecule has 0 aliphatic carbocycles. The predicted octanol–water partition coefficient (Wildman–Crippen LogP) is 4.88. The molecule has 1 aliphatic rings. The third kappa shape index (κ3) is 6.30. The summed E-state index contributed by atoms with van der Waals surface area (Å²) < 4.78 is 0. The van der Waals surface area contributed by atoms with E-state index >= 15 is 0 Å². The first-order chi connectivity index (χ1) is 16.1. The van der Waals surface area contributed by atoms with E-state index < -0.39 is 0 Å². The molecule has 33 heavy (non-hydrogen) atoms. The van der Waals surface area contributed by atoms with Crippen LogP contribution in [0.2, 0.25) is 0 Å². The molecule has 0 radical (unpaired) electrons. The number of nitrogens with one attached hydrogen (secondary N) is 1. The molecular weight excluding hydrogens is 410 g/mol. The van der Waals surface area contributed by atoms with Crippen LogP contribution in [0.25, 0.3) is 0 Å². The molecule has 4 rings (SSSR count). The number of nitrogens with zero attached hydrogens (tertiary/aromatic N) is 2. The Morgan fingerprint density at radius 2 is 1.58 bits per heavy atom. The van der Waals surface area contributed by atoms with Crippen molar-refractivity contribution < 1.29 is 9.59 Å². The number of likely N-dealkylation sites (tertiary alicyclic amines) is 1. The summed E-state index contributed by atoms with van der Waals surface area (Å²) >= 11 is 0. The van der Waals surface area contributed by atoms with Crippen LogP contribution in [0.4, 0.5) is 11.4 Å². The van der Waals surface area contributed by atoms with Crippen molar-refractivity contribution in [3.63, 3.8) is 0 Å². The molecule has 0 spiro atoms. The van der Waals surface area contributed by atoms with Gasteiger partial charge in [-0.2, -0.15) is 0 Å². The standard InChI is InChI=1S/C28H31N3O2/c1-22-9-8-14-26(19-22)31(20-23-10-4-2-5-11-23)27(32)21-30-17-15-24(16-18-30)28(33)29-25-12-6-3-7-13-25/h2-14,19,24H,15-18,20-21H2,1H3,(H,29,33). The molecule has 1 saturated heterocycles. The van der Waals surface area contributed by atoms with E-state index in [1.807, 2.05) is 90.7 Å². The Morgan fingerprint density at radius 3 is 2.24 bits per heavy atom. The quantitative estimate of drug-likeness (QED) is 0.569. The first kappa shape index (κ1) is 22.7. The summed E-state index contributed by atoms with van der Waals surface area (Å²) in [6, 6.07) is 27.7. The van der Waals surface area contributed by atoms with Gasteiger partial charge in [0.05, 0.1) is 13.1 Å². The number of carbonyl (C=O) groups is 2. The van der Waals surface area contributed by atoms with Crippen LogP contribution in [-0.2, 0) is 16.1 Å². The molecule has 5 heteroatoms. The molecule has 0 aromatic heterocycles. The fourth-order valence-corrected chi connectivity index (χ4v) is 4.28. The molecule has 0 atom stereocenters. The zero-order chi connectivity index (χ0) is 23.0. The number of anilines is 2. The summed E-state index contributed by atoms with van der Waals surface area (Å²) in [5.41, 5.74) is 3.98. The number of hydrogen-bond donors (Lipinski definition) is 1. The minimum atomic E-state index is -0.0197. The van der Waals surface area contributed by atoms with Crippen LogP contribution in [0.3, 0.4) is 0 Å². The average Bonchev–Trinajstić information content (AvgIpc) is 2.84. The van der Waals surface area contributed by atoms with Crippen LogP contribution in [-0.4, -0.2) is 36.3 Å².